The number of nitrogens with one attached hydrogen (secondary N) is 1. The third-order valence-electron chi connectivity index (χ3n) is 4.43. The predicted octanol–water partition coefficient (Wildman–Crippen LogP) is 1.89. The SMILES string of the molecule is CC(=O)N[C@H](CC(=O)N1CCC(C(=O)O)CC1)c1ccc(C)cc1. The summed E-state index contributed by atoms with van der Waals surface area (Å²) in [4.78, 5) is 36.7. The number of piperidine rings is 1. The number of hydrogen-bond donors (Lipinski definition) is 2. The molecule has 1 fully saturated rings. The van der Waals surface area contributed by atoms with E-state index >= 15 is 0 Å². The highest BCUT2D eigenvalue weighted by Gasteiger charge is 2.28. The molecule has 1 aromatic carbocycles. The monoisotopic (exact) mass is 332 g/mol. The Morgan fingerprint density at radius 3 is 2.29 bits per heavy atom. The molecular weight excluding hydrogens is 308 g/mol. The molecule has 1 aliphatic heterocycles. The van der Waals surface area contributed by atoms with Crippen molar-refractivity contribution in [2.45, 2.75) is 39.2 Å². The molecule has 1 aliphatic rings. The van der Waals surface area contributed by atoms with Crippen LogP contribution >= 0.6 is 0 Å². The van der Waals surface area contributed by atoms with Crippen molar-refractivity contribution in [3.63, 3.8) is 0 Å². The Hall–Kier alpha value is -2.37. The summed E-state index contributed by atoms with van der Waals surface area (Å²) in [5.41, 5.74) is 2.01. The third-order valence-corrected chi connectivity index (χ3v) is 4.43. The van der Waals surface area contributed by atoms with E-state index in [0.717, 1.165) is 11.1 Å². The minimum Gasteiger partial charge on any atom is -0.481 e. The van der Waals surface area contributed by atoms with Crippen LogP contribution in [0.15, 0.2) is 24.3 Å². The molecule has 130 valence electrons. The molecule has 1 aromatic rings. The Labute approximate surface area is 141 Å². The van der Waals surface area contributed by atoms with Crippen LogP contribution in [0.4, 0.5) is 0 Å². The van der Waals surface area contributed by atoms with Gasteiger partial charge in [0, 0.05) is 20.0 Å². The van der Waals surface area contributed by atoms with Crippen LogP contribution in [0.1, 0.15) is 43.4 Å². The van der Waals surface area contributed by atoms with Gasteiger partial charge in [0.1, 0.15) is 0 Å². The minimum absolute atomic E-state index is 0.0573. The summed E-state index contributed by atoms with van der Waals surface area (Å²) in [6.45, 7) is 4.33. The summed E-state index contributed by atoms with van der Waals surface area (Å²) in [7, 11) is 0. The zero-order chi connectivity index (χ0) is 17.7. The lowest BCUT2D eigenvalue weighted by molar-refractivity contribution is -0.146. The molecular formula is C18H24N2O4. The van der Waals surface area contributed by atoms with Crippen LogP contribution in [0.2, 0.25) is 0 Å². The normalized spacial score (nSPS) is 16.5. The van der Waals surface area contributed by atoms with Crippen LogP contribution in [0, 0.1) is 12.8 Å². The quantitative estimate of drug-likeness (QED) is 0.862. The first-order valence-corrected chi connectivity index (χ1v) is 8.21. The maximum absolute atomic E-state index is 12.5. The molecule has 6 nitrogen and oxygen atoms in total. The van der Waals surface area contributed by atoms with Crippen molar-refractivity contribution in [1.82, 2.24) is 10.2 Å². The van der Waals surface area contributed by atoms with E-state index in [9.17, 15) is 14.4 Å². The maximum atomic E-state index is 12.5. The first-order valence-electron chi connectivity index (χ1n) is 8.21. The Balaban J connectivity index is 2.01. The summed E-state index contributed by atoms with van der Waals surface area (Å²) in [6.07, 6.45) is 1.15. The van der Waals surface area contributed by atoms with Gasteiger partial charge in [-0.05, 0) is 25.3 Å². The highest BCUT2D eigenvalue weighted by atomic mass is 16.4. The highest BCUT2D eigenvalue weighted by molar-refractivity contribution is 5.79. The van der Waals surface area contributed by atoms with Crippen molar-refractivity contribution in [3.8, 4) is 0 Å². The molecule has 6 heteroatoms. The minimum atomic E-state index is -0.794. The zero-order valence-electron chi connectivity index (χ0n) is 14.1. The summed E-state index contributed by atoms with van der Waals surface area (Å²) in [5, 5.41) is 11.9. The van der Waals surface area contributed by atoms with Crippen LogP contribution < -0.4 is 5.32 Å². The lowest BCUT2D eigenvalue weighted by atomic mass is 9.96. The van der Waals surface area contributed by atoms with Crippen LogP contribution in [-0.4, -0.2) is 40.9 Å². The van der Waals surface area contributed by atoms with Gasteiger partial charge in [-0.25, -0.2) is 0 Å². The molecule has 1 saturated heterocycles. The molecule has 0 aliphatic carbocycles. The zero-order valence-corrected chi connectivity index (χ0v) is 14.1. The summed E-state index contributed by atoms with van der Waals surface area (Å²) >= 11 is 0. The van der Waals surface area contributed by atoms with E-state index in [1.165, 1.54) is 6.92 Å². The highest BCUT2D eigenvalue weighted by Crippen LogP contribution is 2.22. The summed E-state index contributed by atoms with van der Waals surface area (Å²) in [6, 6.07) is 7.37. The lowest BCUT2D eigenvalue weighted by Gasteiger charge is -2.31. The second-order valence-electron chi connectivity index (χ2n) is 6.36. The molecule has 2 amide bonds. The number of carboxylic acids is 1. The number of aryl methyl sites for hydroxylation is 1. The van der Waals surface area contributed by atoms with Gasteiger partial charge >= 0.3 is 5.97 Å². The van der Waals surface area contributed by atoms with E-state index in [1.807, 2.05) is 31.2 Å². The fourth-order valence-corrected chi connectivity index (χ4v) is 2.98. The van der Waals surface area contributed by atoms with Crippen molar-refractivity contribution in [3.05, 3.63) is 35.4 Å². The fraction of sp³-hybridized carbons (Fsp3) is 0.500. The number of rotatable bonds is 5. The van der Waals surface area contributed by atoms with Crippen molar-refractivity contribution in [1.29, 1.82) is 0 Å². The van der Waals surface area contributed by atoms with Gasteiger partial charge in [0.2, 0.25) is 11.8 Å². The van der Waals surface area contributed by atoms with Gasteiger partial charge in [0.25, 0.3) is 0 Å². The van der Waals surface area contributed by atoms with Crippen molar-refractivity contribution >= 4 is 17.8 Å². The Kier molecular flexibility index (Phi) is 5.95. The number of amides is 2. The smallest absolute Gasteiger partial charge is 0.306 e. The molecule has 2 rings (SSSR count). The molecule has 0 spiro atoms. The van der Waals surface area contributed by atoms with Crippen LogP contribution in [0.3, 0.4) is 0 Å². The molecule has 24 heavy (non-hydrogen) atoms. The second-order valence-corrected chi connectivity index (χ2v) is 6.36. The summed E-state index contributed by atoms with van der Waals surface area (Å²) < 4.78 is 0. The Morgan fingerprint density at radius 2 is 1.79 bits per heavy atom. The van der Waals surface area contributed by atoms with Gasteiger partial charge in [-0.3, -0.25) is 14.4 Å². The van der Waals surface area contributed by atoms with Crippen molar-refractivity contribution < 1.29 is 19.5 Å². The second kappa shape index (κ2) is 7.95. The molecule has 0 radical (unpaired) electrons. The van der Waals surface area contributed by atoms with E-state index < -0.39 is 5.97 Å². The first-order chi connectivity index (χ1) is 11.4. The Morgan fingerprint density at radius 1 is 1.21 bits per heavy atom. The standard InChI is InChI=1S/C18H24N2O4/c1-12-3-5-14(6-4-12)16(19-13(2)21)11-17(22)20-9-7-15(8-10-20)18(23)24/h3-6,15-16H,7-11H2,1-2H3,(H,19,21)(H,23,24)/t16-/m1/s1. The van der Waals surface area contributed by atoms with E-state index in [2.05, 4.69) is 5.32 Å². The Bertz CT molecular complexity index is 604. The van der Waals surface area contributed by atoms with Gasteiger partial charge in [-0.15, -0.1) is 0 Å². The average molecular weight is 332 g/mol. The number of carboxylic acid groups (broad SMARTS) is 1. The predicted molar refractivity (Wildman–Crippen MR) is 89.3 cm³/mol. The first kappa shape index (κ1) is 18.0. The number of carbonyl (C=O) groups is 3. The van der Waals surface area contributed by atoms with Crippen LogP contribution in [0.25, 0.3) is 0 Å². The van der Waals surface area contributed by atoms with Gasteiger partial charge in [-0.1, -0.05) is 29.8 Å². The molecule has 2 N–H and O–H groups in total. The van der Waals surface area contributed by atoms with Crippen molar-refractivity contribution in [2.75, 3.05) is 13.1 Å². The topological polar surface area (TPSA) is 86.7 Å². The molecule has 0 saturated carbocycles. The van der Waals surface area contributed by atoms with E-state index in [0.29, 0.717) is 25.9 Å². The molecule has 0 aromatic heterocycles. The number of benzene rings is 1. The third kappa shape index (κ3) is 4.81. The fourth-order valence-electron chi connectivity index (χ4n) is 2.98. The molecule has 1 heterocycles. The average Bonchev–Trinajstić information content (AvgIpc) is 2.54. The number of carbonyl (C=O) groups excluding carboxylic acids is 2. The number of hydrogen-bond acceptors (Lipinski definition) is 3. The van der Waals surface area contributed by atoms with Crippen LogP contribution in [0.5, 0.6) is 0 Å². The van der Waals surface area contributed by atoms with Crippen LogP contribution in [-0.2, 0) is 14.4 Å². The maximum Gasteiger partial charge on any atom is 0.306 e. The van der Waals surface area contributed by atoms with E-state index in [4.69, 9.17) is 5.11 Å². The van der Waals surface area contributed by atoms with E-state index in [1.54, 1.807) is 4.90 Å². The molecule has 0 unspecified atom stereocenters. The van der Waals surface area contributed by atoms with Crippen molar-refractivity contribution in [2.24, 2.45) is 5.92 Å². The van der Waals surface area contributed by atoms with Gasteiger partial charge in [0.15, 0.2) is 0 Å². The largest absolute Gasteiger partial charge is 0.481 e. The lowest BCUT2D eigenvalue weighted by Crippen LogP contribution is -2.42. The molecule has 0 bridgehead atoms. The van der Waals surface area contributed by atoms with Gasteiger partial charge < -0.3 is 15.3 Å². The van der Waals surface area contributed by atoms with Gasteiger partial charge in [0.05, 0.1) is 18.4 Å². The summed E-state index contributed by atoms with van der Waals surface area (Å²) in [5.74, 6) is -1.40. The van der Waals surface area contributed by atoms with Gasteiger partial charge in [-0.2, -0.15) is 0 Å². The number of nitrogens with zero attached hydrogens (tertiary/aromatic N) is 1. The van der Waals surface area contributed by atoms with E-state index in [-0.39, 0.29) is 30.2 Å². The number of likely N-dealkylation sites (tertiary alicyclic amines) is 1. The number of aliphatic carboxylic acids is 1. The molecule has 1 atom stereocenters.